The molecule has 0 aliphatic heterocycles. The van der Waals surface area contributed by atoms with E-state index in [1.165, 1.54) is 6.33 Å². The van der Waals surface area contributed by atoms with E-state index in [0.29, 0.717) is 23.3 Å². The van der Waals surface area contributed by atoms with Crippen LogP contribution in [0.25, 0.3) is 11.0 Å². The maximum atomic E-state index is 13.7. The molecule has 0 aliphatic rings. The summed E-state index contributed by atoms with van der Waals surface area (Å²) in [5.74, 6) is 0.00531. The highest BCUT2D eigenvalue weighted by Crippen LogP contribution is 2.28. The zero-order chi connectivity index (χ0) is 25.7. The van der Waals surface area contributed by atoms with E-state index in [1.807, 2.05) is 61.5 Å². The van der Waals surface area contributed by atoms with Crippen molar-refractivity contribution in [2.24, 2.45) is 0 Å². The van der Waals surface area contributed by atoms with Crippen LogP contribution in [-0.2, 0) is 17.9 Å². The fourth-order valence-corrected chi connectivity index (χ4v) is 3.89. The van der Waals surface area contributed by atoms with Crippen LogP contribution in [0.2, 0.25) is 0 Å². The highest BCUT2D eigenvalue weighted by atomic mass is 16.7. The highest BCUT2D eigenvalue weighted by Gasteiger charge is 2.26. The monoisotopic (exact) mass is 488 g/mol. The second kappa shape index (κ2) is 10.9. The number of nitrogens with zero attached hydrogens (tertiary/aromatic N) is 5. The van der Waals surface area contributed by atoms with Gasteiger partial charge in [-0.1, -0.05) is 36.4 Å². The summed E-state index contributed by atoms with van der Waals surface area (Å²) >= 11 is 0. The van der Waals surface area contributed by atoms with Crippen LogP contribution in [0.4, 0.5) is 11.5 Å². The van der Waals surface area contributed by atoms with Crippen molar-refractivity contribution >= 4 is 28.5 Å². The highest BCUT2D eigenvalue weighted by molar-refractivity contribution is 6.05. The molecule has 0 aliphatic carbocycles. The number of aryl methyl sites for hydroxylation is 1. The molecular formula is C26H28N6O4. The van der Waals surface area contributed by atoms with Crippen molar-refractivity contribution in [3.63, 3.8) is 0 Å². The lowest BCUT2D eigenvalue weighted by Crippen LogP contribution is -2.34. The Morgan fingerprint density at radius 3 is 2.58 bits per heavy atom. The van der Waals surface area contributed by atoms with E-state index in [0.717, 1.165) is 21.7 Å². The second-order valence-corrected chi connectivity index (χ2v) is 8.22. The summed E-state index contributed by atoms with van der Waals surface area (Å²) in [5, 5.41) is 3.76. The van der Waals surface area contributed by atoms with Crippen LogP contribution >= 0.6 is 0 Å². The number of hydrogen-bond acceptors (Lipinski definition) is 9. The van der Waals surface area contributed by atoms with Crippen LogP contribution in [0, 0.1) is 6.92 Å². The third-order valence-electron chi connectivity index (χ3n) is 5.54. The molecule has 0 unspecified atom stereocenters. The average molecular weight is 489 g/mol. The first-order valence-electron chi connectivity index (χ1n) is 11.5. The van der Waals surface area contributed by atoms with E-state index in [4.69, 9.17) is 9.57 Å². The van der Waals surface area contributed by atoms with Gasteiger partial charge in [0.2, 0.25) is 0 Å². The zero-order valence-electron chi connectivity index (χ0n) is 20.7. The maximum Gasteiger partial charge on any atom is 0.346 e. The summed E-state index contributed by atoms with van der Waals surface area (Å²) in [7, 11) is 3.79. The van der Waals surface area contributed by atoms with E-state index in [-0.39, 0.29) is 24.4 Å². The molecule has 0 saturated carbocycles. The summed E-state index contributed by atoms with van der Waals surface area (Å²) in [4.78, 5) is 47.6. The summed E-state index contributed by atoms with van der Waals surface area (Å²) < 4.78 is 6.31. The lowest BCUT2D eigenvalue weighted by molar-refractivity contribution is 0.0513. The Labute approximate surface area is 208 Å². The number of hydrogen-bond donors (Lipinski definition) is 1. The summed E-state index contributed by atoms with van der Waals surface area (Å²) in [6.45, 7) is 3.98. The zero-order valence-corrected chi connectivity index (χ0v) is 20.7. The molecule has 0 saturated heterocycles. The minimum absolute atomic E-state index is 0.107. The molecule has 0 fully saturated rings. The molecule has 0 spiro atoms. The molecule has 3 heterocycles. The van der Waals surface area contributed by atoms with Crippen molar-refractivity contribution in [2.45, 2.75) is 27.0 Å². The first kappa shape index (κ1) is 24.6. The molecule has 10 heteroatoms. The van der Waals surface area contributed by atoms with Gasteiger partial charge in [0, 0.05) is 32.4 Å². The van der Waals surface area contributed by atoms with Gasteiger partial charge in [0.25, 0.3) is 0 Å². The number of benzene rings is 1. The van der Waals surface area contributed by atoms with Crippen LogP contribution < -0.4 is 20.6 Å². The molecule has 0 bridgehead atoms. The summed E-state index contributed by atoms with van der Waals surface area (Å²) in [5.41, 5.74) is 2.00. The SMILES string of the molecule is CCOC(=O)c1c(NCc2cccnc2N(C)C)c2c(C)ncnc2n(OCc2ccccc2)c1=O. The molecule has 4 rings (SSSR count). The van der Waals surface area contributed by atoms with Gasteiger partial charge in [0.15, 0.2) is 11.2 Å². The normalized spacial score (nSPS) is 10.8. The van der Waals surface area contributed by atoms with Crippen molar-refractivity contribution in [1.82, 2.24) is 19.7 Å². The molecule has 10 nitrogen and oxygen atoms in total. The van der Waals surface area contributed by atoms with Gasteiger partial charge in [0.1, 0.15) is 18.8 Å². The lowest BCUT2D eigenvalue weighted by atomic mass is 10.1. The number of fused-ring (bicyclic) bond motifs is 1. The second-order valence-electron chi connectivity index (χ2n) is 8.22. The van der Waals surface area contributed by atoms with E-state index in [1.54, 1.807) is 20.0 Å². The molecule has 4 aromatic rings. The van der Waals surface area contributed by atoms with Crippen LogP contribution in [0.15, 0.2) is 59.8 Å². The Bertz CT molecular complexity index is 1440. The third-order valence-corrected chi connectivity index (χ3v) is 5.54. The molecule has 1 aromatic carbocycles. The Hall–Kier alpha value is -4.47. The molecule has 0 atom stereocenters. The molecule has 0 radical (unpaired) electrons. The average Bonchev–Trinajstić information content (AvgIpc) is 2.87. The lowest BCUT2D eigenvalue weighted by Gasteiger charge is -2.20. The Kier molecular flexibility index (Phi) is 7.43. The number of anilines is 2. The standard InChI is InChI=1S/C26H28N6O4/c1-5-35-26(34)21-22(28-14-19-12-9-13-27-23(19)31(3)4)20-17(2)29-16-30-24(20)32(25(21)33)36-15-18-10-7-6-8-11-18/h6-13,16,28H,5,14-15H2,1-4H3. The van der Waals surface area contributed by atoms with E-state index in [2.05, 4.69) is 20.3 Å². The summed E-state index contributed by atoms with van der Waals surface area (Å²) in [6.07, 6.45) is 3.07. The smallest absolute Gasteiger partial charge is 0.346 e. The fraction of sp³-hybridized carbons (Fsp3) is 0.269. The minimum atomic E-state index is -0.758. The van der Waals surface area contributed by atoms with Gasteiger partial charge in [-0.2, -0.15) is 0 Å². The molecule has 1 N–H and O–H groups in total. The van der Waals surface area contributed by atoms with Crippen LogP contribution in [0.3, 0.4) is 0 Å². The van der Waals surface area contributed by atoms with Gasteiger partial charge in [-0.25, -0.2) is 19.7 Å². The van der Waals surface area contributed by atoms with Gasteiger partial charge in [0.05, 0.1) is 23.4 Å². The first-order valence-corrected chi connectivity index (χ1v) is 11.5. The predicted octanol–water partition coefficient (Wildman–Crippen LogP) is 2.98. The van der Waals surface area contributed by atoms with Crippen molar-refractivity contribution in [3.05, 3.63) is 87.7 Å². The number of esters is 1. The van der Waals surface area contributed by atoms with Gasteiger partial charge in [-0.15, -0.1) is 4.73 Å². The third kappa shape index (κ3) is 4.97. The number of carbonyl (C=O) groups excluding carboxylic acids is 1. The number of rotatable bonds is 9. The Morgan fingerprint density at radius 1 is 1.08 bits per heavy atom. The van der Waals surface area contributed by atoms with Crippen molar-refractivity contribution in [1.29, 1.82) is 0 Å². The van der Waals surface area contributed by atoms with Crippen LogP contribution in [0.1, 0.15) is 34.1 Å². The number of ether oxygens (including phenoxy) is 1. The molecular weight excluding hydrogens is 460 g/mol. The number of aromatic nitrogens is 4. The van der Waals surface area contributed by atoms with Gasteiger partial charge in [-0.3, -0.25) is 4.79 Å². The quantitative estimate of drug-likeness (QED) is 0.355. The fourth-order valence-electron chi connectivity index (χ4n) is 3.89. The van der Waals surface area contributed by atoms with Gasteiger partial charge in [-0.05, 0) is 25.5 Å². The van der Waals surface area contributed by atoms with Crippen molar-refractivity contribution in [2.75, 3.05) is 30.9 Å². The number of nitrogens with one attached hydrogen (secondary N) is 1. The Balaban J connectivity index is 1.86. The van der Waals surface area contributed by atoms with E-state index in [9.17, 15) is 9.59 Å². The topological polar surface area (TPSA) is 111 Å². The van der Waals surface area contributed by atoms with Crippen LogP contribution in [0.5, 0.6) is 0 Å². The Morgan fingerprint density at radius 2 is 1.86 bits per heavy atom. The summed E-state index contributed by atoms with van der Waals surface area (Å²) in [6, 6.07) is 13.2. The van der Waals surface area contributed by atoms with Crippen LogP contribution in [-0.4, -0.2) is 46.4 Å². The molecule has 186 valence electrons. The number of pyridine rings is 2. The van der Waals surface area contributed by atoms with E-state index < -0.39 is 11.5 Å². The van der Waals surface area contributed by atoms with Crippen molar-refractivity contribution < 1.29 is 14.4 Å². The maximum absolute atomic E-state index is 13.7. The minimum Gasteiger partial charge on any atom is -0.462 e. The number of carbonyl (C=O) groups is 1. The van der Waals surface area contributed by atoms with Gasteiger partial charge >= 0.3 is 11.5 Å². The molecule has 3 aromatic heterocycles. The van der Waals surface area contributed by atoms with Gasteiger partial charge < -0.3 is 19.8 Å². The van der Waals surface area contributed by atoms with Crippen molar-refractivity contribution in [3.8, 4) is 0 Å². The van der Waals surface area contributed by atoms with E-state index >= 15 is 0 Å². The first-order chi connectivity index (χ1) is 17.4. The predicted molar refractivity (Wildman–Crippen MR) is 137 cm³/mol. The molecule has 36 heavy (non-hydrogen) atoms. The molecule has 0 amide bonds. The largest absolute Gasteiger partial charge is 0.462 e.